The lowest BCUT2D eigenvalue weighted by molar-refractivity contribution is 0.395. The zero-order chi connectivity index (χ0) is 8.55. The number of rotatable bonds is 1. The van der Waals surface area contributed by atoms with E-state index < -0.39 is 0 Å². The molecule has 0 radical (unpaired) electrons. The van der Waals surface area contributed by atoms with Crippen LogP contribution in [0.2, 0.25) is 0 Å². The lowest BCUT2D eigenvalue weighted by atomic mass is 10.4. The lowest BCUT2D eigenvalue weighted by Gasteiger charge is -1.83. The van der Waals surface area contributed by atoms with E-state index in [9.17, 15) is 0 Å². The summed E-state index contributed by atoms with van der Waals surface area (Å²) in [6.07, 6.45) is 0. The first kappa shape index (κ1) is 7.54. The van der Waals surface area contributed by atoms with E-state index in [1.165, 1.54) is 0 Å². The van der Waals surface area contributed by atoms with Crippen LogP contribution in [0.3, 0.4) is 0 Å². The third-order valence-electron chi connectivity index (χ3n) is 1.36. The van der Waals surface area contributed by atoms with Crippen molar-refractivity contribution in [2.24, 2.45) is 0 Å². The van der Waals surface area contributed by atoms with E-state index in [0.717, 1.165) is 5.76 Å². The molecular weight excluding hydrogens is 224 g/mol. The van der Waals surface area contributed by atoms with Gasteiger partial charge in [-0.15, -0.1) is 0 Å². The van der Waals surface area contributed by atoms with Crippen molar-refractivity contribution in [3.05, 3.63) is 22.7 Å². The van der Waals surface area contributed by atoms with Gasteiger partial charge >= 0.3 is 0 Å². The van der Waals surface area contributed by atoms with Crippen LogP contribution in [0.4, 0.5) is 0 Å². The molecule has 0 atom stereocenters. The Bertz CT molecular complexity index is 355. The molecule has 0 saturated carbocycles. The van der Waals surface area contributed by atoms with Gasteiger partial charge in [-0.25, -0.2) is 0 Å². The molecule has 4 nitrogen and oxygen atoms in total. The fraction of sp³-hybridized carbons (Fsp3) is 0.143. The van der Waals surface area contributed by atoms with Crippen LogP contribution in [-0.4, -0.2) is 10.1 Å². The standard InChI is InChI=1S/C7H5BrN2O2/c1-4-2-3-5(11-4)6-9-7(8)12-10-6/h2-3H,1H3. The molecule has 62 valence electrons. The van der Waals surface area contributed by atoms with E-state index in [2.05, 4.69) is 26.1 Å². The van der Waals surface area contributed by atoms with E-state index in [-0.39, 0.29) is 0 Å². The van der Waals surface area contributed by atoms with Gasteiger partial charge < -0.3 is 8.94 Å². The van der Waals surface area contributed by atoms with Crippen molar-refractivity contribution in [1.82, 2.24) is 10.1 Å². The van der Waals surface area contributed by atoms with Crippen LogP contribution < -0.4 is 0 Å². The highest BCUT2D eigenvalue weighted by Crippen LogP contribution is 2.19. The van der Waals surface area contributed by atoms with Crippen LogP contribution in [0, 0.1) is 6.92 Å². The minimum atomic E-state index is 0.353. The molecule has 0 aromatic carbocycles. The summed E-state index contributed by atoms with van der Waals surface area (Å²) in [5.41, 5.74) is 0. The van der Waals surface area contributed by atoms with Crippen LogP contribution >= 0.6 is 15.9 Å². The summed E-state index contributed by atoms with van der Waals surface area (Å²) in [5, 5.41) is 3.67. The van der Waals surface area contributed by atoms with Gasteiger partial charge in [-0.1, -0.05) is 5.16 Å². The Hall–Kier alpha value is -1.10. The second-order valence-corrected chi connectivity index (χ2v) is 2.96. The highest BCUT2D eigenvalue weighted by atomic mass is 79.9. The van der Waals surface area contributed by atoms with Gasteiger partial charge in [-0.05, 0) is 19.1 Å². The van der Waals surface area contributed by atoms with Crippen molar-refractivity contribution in [3.63, 3.8) is 0 Å². The van der Waals surface area contributed by atoms with Crippen molar-refractivity contribution in [2.75, 3.05) is 0 Å². The number of aryl methyl sites for hydroxylation is 1. The molecule has 5 heteroatoms. The third-order valence-corrected chi connectivity index (χ3v) is 1.68. The molecule has 0 N–H and O–H groups in total. The summed E-state index contributed by atoms with van der Waals surface area (Å²) in [4.78, 5) is 4.29. The quantitative estimate of drug-likeness (QED) is 0.753. The first-order valence-electron chi connectivity index (χ1n) is 3.32. The van der Waals surface area contributed by atoms with Crippen molar-refractivity contribution < 1.29 is 8.94 Å². The van der Waals surface area contributed by atoms with Gasteiger partial charge in [0.1, 0.15) is 5.76 Å². The van der Waals surface area contributed by atoms with Gasteiger partial charge in [0.05, 0.1) is 0 Å². The van der Waals surface area contributed by atoms with Crippen LogP contribution in [0.1, 0.15) is 5.76 Å². The Balaban J connectivity index is 2.43. The summed E-state index contributed by atoms with van der Waals surface area (Å²) in [6.45, 7) is 1.86. The highest BCUT2D eigenvalue weighted by Gasteiger charge is 2.09. The molecule has 0 amide bonds. The van der Waals surface area contributed by atoms with Crippen molar-refractivity contribution in [3.8, 4) is 11.6 Å². The van der Waals surface area contributed by atoms with Crippen LogP contribution in [0.15, 0.2) is 25.9 Å². The number of halogens is 1. The van der Waals surface area contributed by atoms with Gasteiger partial charge in [-0.2, -0.15) is 4.98 Å². The van der Waals surface area contributed by atoms with E-state index >= 15 is 0 Å². The highest BCUT2D eigenvalue weighted by molar-refractivity contribution is 9.10. The fourth-order valence-corrected chi connectivity index (χ4v) is 1.10. The maximum absolute atomic E-state index is 5.28. The van der Waals surface area contributed by atoms with E-state index in [0.29, 0.717) is 16.4 Å². The van der Waals surface area contributed by atoms with Crippen molar-refractivity contribution in [1.29, 1.82) is 0 Å². The Labute approximate surface area is 76.7 Å². The molecule has 2 aromatic heterocycles. The molecule has 0 spiro atoms. The SMILES string of the molecule is Cc1ccc(-c2noc(Br)n2)o1. The van der Waals surface area contributed by atoms with E-state index in [4.69, 9.17) is 8.94 Å². The molecule has 0 fully saturated rings. The fourth-order valence-electron chi connectivity index (χ4n) is 0.860. The van der Waals surface area contributed by atoms with Crippen LogP contribution in [0.5, 0.6) is 0 Å². The number of hydrogen-bond acceptors (Lipinski definition) is 4. The number of aromatic nitrogens is 2. The number of hydrogen-bond donors (Lipinski definition) is 0. The van der Waals surface area contributed by atoms with Gasteiger partial charge in [0.15, 0.2) is 5.76 Å². The van der Waals surface area contributed by atoms with Gasteiger partial charge in [0.2, 0.25) is 5.82 Å². The molecule has 2 aromatic rings. The predicted molar refractivity (Wildman–Crippen MR) is 44.4 cm³/mol. The van der Waals surface area contributed by atoms with Gasteiger partial charge in [0, 0.05) is 15.9 Å². The monoisotopic (exact) mass is 228 g/mol. The molecule has 0 aliphatic rings. The summed E-state index contributed by atoms with van der Waals surface area (Å²) >= 11 is 3.05. The summed E-state index contributed by atoms with van der Waals surface area (Å²) in [5.74, 6) is 1.89. The zero-order valence-corrected chi connectivity index (χ0v) is 7.83. The zero-order valence-electron chi connectivity index (χ0n) is 6.24. The number of nitrogens with zero attached hydrogens (tertiary/aromatic N) is 2. The topological polar surface area (TPSA) is 52.1 Å². The molecule has 0 aliphatic carbocycles. The molecular formula is C7H5BrN2O2. The van der Waals surface area contributed by atoms with E-state index in [1.54, 1.807) is 6.07 Å². The summed E-state index contributed by atoms with van der Waals surface area (Å²) < 4.78 is 10.0. The second kappa shape index (κ2) is 2.75. The molecule has 2 rings (SSSR count). The molecule has 0 bridgehead atoms. The predicted octanol–water partition coefficient (Wildman–Crippen LogP) is 2.40. The maximum Gasteiger partial charge on any atom is 0.294 e. The van der Waals surface area contributed by atoms with Gasteiger partial charge in [-0.3, -0.25) is 0 Å². The molecule has 2 heterocycles. The minimum absolute atomic E-state index is 0.353. The van der Waals surface area contributed by atoms with Crippen molar-refractivity contribution >= 4 is 15.9 Å². The first-order valence-corrected chi connectivity index (χ1v) is 4.11. The molecule has 0 unspecified atom stereocenters. The molecule has 0 saturated heterocycles. The molecule has 0 aliphatic heterocycles. The lowest BCUT2D eigenvalue weighted by Crippen LogP contribution is -1.74. The third kappa shape index (κ3) is 1.27. The Kier molecular flexibility index (Phi) is 1.73. The average Bonchev–Trinajstić information content (AvgIpc) is 2.58. The minimum Gasteiger partial charge on any atom is -0.458 e. The van der Waals surface area contributed by atoms with Crippen molar-refractivity contribution in [2.45, 2.75) is 6.92 Å². The Morgan fingerprint density at radius 2 is 2.25 bits per heavy atom. The average molecular weight is 229 g/mol. The van der Waals surface area contributed by atoms with Gasteiger partial charge in [0.25, 0.3) is 4.80 Å². The first-order chi connectivity index (χ1) is 5.75. The smallest absolute Gasteiger partial charge is 0.294 e. The number of furan rings is 1. The largest absolute Gasteiger partial charge is 0.458 e. The maximum atomic E-state index is 5.28. The normalized spacial score (nSPS) is 10.5. The second-order valence-electron chi connectivity index (χ2n) is 2.28. The Morgan fingerprint density at radius 3 is 2.75 bits per heavy atom. The van der Waals surface area contributed by atoms with Crippen LogP contribution in [0.25, 0.3) is 11.6 Å². The Morgan fingerprint density at radius 1 is 1.42 bits per heavy atom. The summed E-state index contributed by atoms with van der Waals surface area (Å²) in [7, 11) is 0. The van der Waals surface area contributed by atoms with E-state index in [1.807, 2.05) is 13.0 Å². The summed E-state index contributed by atoms with van der Waals surface area (Å²) in [6, 6.07) is 3.65. The van der Waals surface area contributed by atoms with Crippen LogP contribution in [-0.2, 0) is 0 Å². The molecule has 12 heavy (non-hydrogen) atoms.